The number of aromatic nitrogens is 2. The van der Waals surface area contributed by atoms with Gasteiger partial charge in [-0.25, -0.2) is 4.98 Å². The summed E-state index contributed by atoms with van der Waals surface area (Å²) in [6.45, 7) is 3.65. The van der Waals surface area contributed by atoms with Crippen molar-refractivity contribution in [2.45, 2.75) is 57.5 Å². The first kappa shape index (κ1) is 21.6. The van der Waals surface area contributed by atoms with Gasteiger partial charge in [0.2, 0.25) is 11.8 Å². The van der Waals surface area contributed by atoms with Gasteiger partial charge < -0.3 is 14.3 Å². The molecule has 10 heteroatoms. The quantitative estimate of drug-likeness (QED) is 0.712. The first-order valence-corrected chi connectivity index (χ1v) is 10.6. The van der Waals surface area contributed by atoms with Crippen LogP contribution in [-0.4, -0.2) is 57.9 Å². The number of pyridine rings is 1. The number of fused-ring (bicyclic) bond motifs is 1. The summed E-state index contributed by atoms with van der Waals surface area (Å²) in [7, 11) is 0. The monoisotopic (exact) mass is 438 g/mol. The molecule has 4 rings (SSSR count). The van der Waals surface area contributed by atoms with Crippen LogP contribution in [0.25, 0.3) is 11.1 Å². The van der Waals surface area contributed by atoms with Crippen LogP contribution in [0.4, 0.5) is 13.2 Å². The number of halogens is 3. The van der Waals surface area contributed by atoms with Crippen molar-refractivity contribution < 1.29 is 27.3 Å². The Bertz CT molecular complexity index is 988. The predicted octanol–water partition coefficient (Wildman–Crippen LogP) is 3.66. The van der Waals surface area contributed by atoms with Crippen LogP contribution in [0.5, 0.6) is 0 Å². The normalized spacial score (nSPS) is 20.1. The number of likely N-dealkylation sites (tertiary alicyclic amines) is 2. The zero-order valence-electron chi connectivity index (χ0n) is 17.4. The number of carbonyl (C=O) groups is 2. The lowest BCUT2D eigenvalue weighted by Gasteiger charge is -2.32. The number of nitrogens with zero attached hydrogens (tertiary/aromatic N) is 4. The van der Waals surface area contributed by atoms with E-state index >= 15 is 0 Å². The summed E-state index contributed by atoms with van der Waals surface area (Å²) in [5, 5.41) is 3.82. The number of piperidine rings is 1. The number of alkyl halides is 3. The van der Waals surface area contributed by atoms with Gasteiger partial charge in [0, 0.05) is 50.6 Å². The fourth-order valence-corrected chi connectivity index (χ4v) is 4.55. The molecule has 2 aromatic rings. The SMILES string of the molecule is Cc1cc(C(F)(F)F)c2c([C@@H]3CCCN(C(=O)CCCN4CCCC4=O)C3)noc2n1. The van der Waals surface area contributed by atoms with Crippen molar-refractivity contribution in [3.05, 3.63) is 23.0 Å². The highest BCUT2D eigenvalue weighted by molar-refractivity contribution is 5.82. The Balaban J connectivity index is 1.46. The Morgan fingerprint density at radius 2 is 2.10 bits per heavy atom. The molecular formula is C21H25F3N4O3. The molecule has 1 atom stereocenters. The van der Waals surface area contributed by atoms with Crippen molar-refractivity contribution in [2.24, 2.45) is 0 Å². The topological polar surface area (TPSA) is 79.5 Å². The lowest BCUT2D eigenvalue weighted by Crippen LogP contribution is -2.39. The minimum absolute atomic E-state index is 0.0471. The Labute approximate surface area is 177 Å². The lowest BCUT2D eigenvalue weighted by molar-refractivity contribution is -0.136. The van der Waals surface area contributed by atoms with E-state index in [9.17, 15) is 22.8 Å². The van der Waals surface area contributed by atoms with Gasteiger partial charge in [0.15, 0.2) is 0 Å². The second kappa shape index (κ2) is 8.47. The van der Waals surface area contributed by atoms with E-state index in [4.69, 9.17) is 4.52 Å². The summed E-state index contributed by atoms with van der Waals surface area (Å²) in [4.78, 5) is 31.9. The van der Waals surface area contributed by atoms with Gasteiger partial charge in [-0.1, -0.05) is 5.16 Å². The average molecular weight is 438 g/mol. The number of rotatable bonds is 5. The van der Waals surface area contributed by atoms with Crippen molar-refractivity contribution in [3.63, 3.8) is 0 Å². The molecule has 0 spiro atoms. The van der Waals surface area contributed by atoms with E-state index in [1.807, 2.05) is 0 Å². The Morgan fingerprint density at radius 3 is 2.81 bits per heavy atom. The third-order valence-corrected chi connectivity index (χ3v) is 6.06. The van der Waals surface area contributed by atoms with Gasteiger partial charge in [-0.05, 0) is 38.7 Å². The van der Waals surface area contributed by atoms with Crippen LogP contribution in [0, 0.1) is 6.92 Å². The summed E-state index contributed by atoms with van der Waals surface area (Å²) in [6.07, 6.45) is -0.925. The summed E-state index contributed by atoms with van der Waals surface area (Å²) in [5.41, 5.74) is -0.500. The Kier molecular flexibility index (Phi) is 5.90. The van der Waals surface area contributed by atoms with Gasteiger partial charge in [0.05, 0.1) is 16.6 Å². The highest BCUT2D eigenvalue weighted by atomic mass is 19.4. The van der Waals surface area contributed by atoms with Gasteiger partial charge in [0.1, 0.15) is 0 Å². The van der Waals surface area contributed by atoms with Crippen molar-refractivity contribution in [1.29, 1.82) is 0 Å². The Morgan fingerprint density at radius 1 is 1.29 bits per heavy atom. The number of amides is 2. The highest BCUT2D eigenvalue weighted by Gasteiger charge is 2.38. The van der Waals surface area contributed by atoms with E-state index in [1.165, 1.54) is 6.92 Å². The van der Waals surface area contributed by atoms with Crippen molar-refractivity contribution in [1.82, 2.24) is 19.9 Å². The van der Waals surface area contributed by atoms with E-state index in [2.05, 4.69) is 10.1 Å². The van der Waals surface area contributed by atoms with E-state index in [0.717, 1.165) is 19.0 Å². The molecule has 0 bridgehead atoms. The molecule has 0 aliphatic carbocycles. The van der Waals surface area contributed by atoms with Crippen LogP contribution in [0.3, 0.4) is 0 Å². The molecular weight excluding hydrogens is 413 g/mol. The van der Waals surface area contributed by atoms with Crippen LogP contribution in [0.2, 0.25) is 0 Å². The largest absolute Gasteiger partial charge is 0.417 e. The summed E-state index contributed by atoms with van der Waals surface area (Å²) < 4.78 is 46.0. The predicted molar refractivity (Wildman–Crippen MR) is 105 cm³/mol. The molecule has 0 unspecified atom stereocenters. The van der Waals surface area contributed by atoms with Crippen LogP contribution in [0.1, 0.15) is 61.4 Å². The van der Waals surface area contributed by atoms with E-state index in [0.29, 0.717) is 51.7 Å². The lowest BCUT2D eigenvalue weighted by atomic mass is 9.91. The molecule has 31 heavy (non-hydrogen) atoms. The average Bonchev–Trinajstić information content (AvgIpc) is 3.32. The molecule has 2 aliphatic rings. The van der Waals surface area contributed by atoms with E-state index < -0.39 is 11.7 Å². The molecule has 2 aliphatic heterocycles. The smallest absolute Gasteiger partial charge is 0.343 e. The van der Waals surface area contributed by atoms with E-state index in [-0.39, 0.29) is 40.2 Å². The number of hydrogen-bond acceptors (Lipinski definition) is 5. The third kappa shape index (κ3) is 4.52. The van der Waals surface area contributed by atoms with Crippen molar-refractivity contribution in [3.8, 4) is 0 Å². The van der Waals surface area contributed by atoms with Crippen LogP contribution < -0.4 is 0 Å². The molecule has 0 saturated carbocycles. The maximum Gasteiger partial charge on any atom is 0.417 e. The highest BCUT2D eigenvalue weighted by Crippen LogP contribution is 2.40. The molecule has 4 heterocycles. The second-order valence-corrected chi connectivity index (χ2v) is 8.32. The standard InChI is InChI=1S/C21H25F3N4O3/c1-13-11-15(21(22,23)24)18-19(26-31-20(18)25-13)14-5-2-10-28(12-14)17(30)7-4-9-27-8-3-6-16(27)29/h11,14H,2-10,12H2,1H3/t14-/m1/s1. The minimum Gasteiger partial charge on any atom is -0.343 e. The van der Waals surface area contributed by atoms with Crippen LogP contribution in [0.15, 0.2) is 10.6 Å². The third-order valence-electron chi connectivity index (χ3n) is 6.06. The van der Waals surface area contributed by atoms with Crippen molar-refractivity contribution >= 4 is 22.9 Å². The fourth-order valence-electron chi connectivity index (χ4n) is 4.55. The number of carbonyl (C=O) groups excluding carboxylic acids is 2. The maximum atomic E-state index is 13.6. The maximum absolute atomic E-state index is 13.6. The molecule has 2 fully saturated rings. The molecule has 0 aromatic carbocycles. The summed E-state index contributed by atoms with van der Waals surface area (Å²) >= 11 is 0. The number of hydrogen-bond donors (Lipinski definition) is 0. The Hall–Kier alpha value is -2.65. The first-order valence-electron chi connectivity index (χ1n) is 10.6. The second-order valence-electron chi connectivity index (χ2n) is 8.32. The number of aryl methyl sites for hydroxylation is 1. The van der Waals surface area contributed by atoms with Gasteiger partial charge in [-0.15, -0.1) is 0 Å². The van der Waals surface area contributed by atoms with Gasteiger partial charge >= 0.3 is 6.18 Å². The van der Waals surface area contributed by atoms with Gasteiger partial charge in [0.25, 0.3) is 5.71 Å². The molecule has 2 aromatic heterocycles. The summed E-state index contributed by atoms with van der Waals surface area (Å²) in [6, 6.07) is 1.01. The van der Waals surface area contributed by atoms with Crippen LogP contribution >= 0.6 is 0 Å². The summed E-state index contributed by atoms with van der Waals surface area (Å²) in [5.74, 6) is -0.258. The first-order chi connectivity index (χ1) is 14.7. The molecule has 2 saturated heterocycles. The van der Waals surface area contributed by atoms with E-state index in [1.54, 1.807) is 9.80 Å². The van der Waals surface area contributed by atoms with Gasteiger partial charge in [-0.2, -0.15) is 13.2 Å². The molecule has 0 radical (unpaired) electrons. The zero-order valence-corrected chi connectivity index (χ0v) is 17.4. The van der Waals surface area contributed by atoms with Crippen LogP contribution in [-0.2, 0) is 15.8 Å². The molecule has 168 valence electrons. The molecule has 2 amide bonds. The molecule has 7 nitrogen and oxygen atoms in total. The van der Waals surface area contributed by atoms with Gasteiger partial charge in [-0.3, -0.25) is 9.59 Å². The van der Waals surface area contributed by atoms with Crippen molar-refractivity contribution in [2.75, 3.05) is 26.2 Å². The zero-order chi connectivity index (χ0) is 22.2. The fraction of sp³-hybridized carbons (Fsp3) is 0.619. The minimum atomic E-state index is -4.55. The molecule has 0 N–H and O–H groups in total.